The molecule has 0 radical (unpaired) electrons. The lowest BCUT2D eigenvalue weighted by Crippen LogP contribution is -2.68. The zero-order valence-corrected chi connectivity index (χ0v) is 18.1. The third-order valence-electron chi connectivity index (χ3n) is 6.79. The lowest BCUT2D eigenvalue weighted by Gasteiger charge is -2.45. The highest BCUT2D eigenvalue weighted by Gasteiger charge is 2.57. The predicted octanol–water partition coefficient (Wildman–Crippen LogP) is 4.34. The summed E-state index contributed by atoms with van der Waals surface area (Å²) in [5.74, 6) is 1.27. The van der Waals surface area contributed by atoms with Crippen molar-refractivity contribution in [1.29, 1.82) is 0 Å². The topological polar surface area (TPSA) is 26.3 Å². The molecule has 0 aromatic heterocycles. The molecular weight excluding hydrogens is 360 g/mol. The second kappa shape index (κ2) is 7.13. The third-order valence-corrected chi connectivity index (χ3v) is 11.9. The summed E-state index contributed by atoms with van der Waals surface area (Å²) in [5.41, 5.74) is 0. The van der Waals surface area contributed by atoms with Gasteiger partial charge in [0.05, 0.1) is 6.10 Å². The molecule has 0 spiro atoms. The molecule has 0 N–H and O–H groups in total. The molecule has 2 aliphatic carbocycles. The number of fused-ring (bicyclic) bond motifs is 1. The lowest BCUT2D eigenvalue weighted by atomic mass is 9.71. The van der Waals surface area contributed by atoms with E-state index in [0.717, 1.165) is 6.42 Å². The molecule has 2 nitrogen and oxygen atoms in total. The molecule has 0 heterocycles. The molecular formula is C25H30O2Si. The van der Waals surface area contributed by atoms with E-state index in [4.69, 9.17) is 4.43 Å². The fraction of sp³-hybridized carbons (Fsp3) is 0.400. The molecule has 0 amide bonds. The van der Waals surface area contributed by atoms with Gasteiger partial charge in [0, 0.05) is 18.3 Å². The van der Waals surface area contributed by atoms with Gasteiger partial charge >= 0.3 is 0 Å². The van der Waals surface area contributed by atoms with Crippen LogP contribution >= 0.6 is 0 Å². The van der Waals surface area contributed by atoms with Crippen LogP contribution in [0, 0.1) is 17.8 Å². The van der Waals surface area contributed by atoms with Gasteiger partial charge in [-0.1, -0.05) is 87.5 Å². The summed E-state index contributed by atoms with van der Waals surface area (Å²) in [4.78, 5) is 12.1. The highest BCUT2D eigenvalue weighted by atomic mass is 28.4. The minimum atomic E-state index is -2.58. The van der Waals surface area contributed by atoms with Gasteiger partial charge in [0.2, 0.25) is 0 Å². The molecule has 146 valence electrons. The number of hydrogen-bond donors (Lipinski definition) is 0. The maximum Gasteiger partial charge on any atom is 0.261 e. The normalized spacial score (nSPS) is 27.2. The first kappa shape index (κ1) is 19.3. The third kappa shape index (κ3) is 2.92. The van der Waals surface area contributed by atoms with Gasteiger partial charge in [0.25, 0.3) is 8.32 Å². The van der Waals surface area contributed by atoms with E-state index < -0.39 is 8.32 Å². The molecule has 2 fully saturated rings. The first-order chi connectivity index (χ1) is 13.4. The summed E-state index contributed by atoms with van der Waals surface area (Å²) in [6.45, 7) is 11.0. The van der Waals surface area contributed by atoms with Crippen LogP contribution in [0.3, 0.4) is 0 Å². The Bertz CT molecular complexity index is 814. The minimum Gasteiger partial charge on any atom is -0.404 e. The van der Waals surface area contributed by atoms with Crippen molar-refractivity contribution in [2.45, 2.75) is 44.8 Å². The van der Waals surface area contributed by atoms with Crippen molar-refractivity contribution < 1.29 is 9.22 Å². The summed E-state index contributed by atoms with van der Waals surface area (Å²) >= 11 is 0. The minimum absolute atomic E-state index is 0.0485. The zero-order valence-electron chi connectivity index (χ0n) is 17.1. The molecule has 2 saturated carbocycles. The van der Waals surface area contributed by atoms with Crippen LogP contribution in [0.15, 0.2) is 73.3 Å². The van der Waals surface area contributed by atoms with Gasteiger partial charge in [-0.2, -0.15) is 0 Å². The molecule has 0 aliphatic heterocycles. The molecule has 2 aromatic rings. The lowest BCUT2D eigenvalue weighted by molar-refractivity contribution is -0.133. The van der Waals surface area contributed by atoms with Gasteiger partial charge in [-0.25, -0.2) is 0 Å². The van der Waals surface area contributed by atoms with E-state index >= 15 is 0 Å². The van der Waals surface area contributed by atoms with Gasteiger partial charge in [0.15, 0.2) is 0 Å². The van der Waals surface area contributed by atoms with Crippen LogP contribution < -0.4 is 10.4 Å². The summed E-state index contributed by atoms with van der Waals surface area (Å²) in [6.07, 6.45) is 3.64. The molecule has 4 atom stereocenters. The molecule has 2 aromatic carbocycles. The number of carbonyl (C=O) groups is 1. The Balaban J connectivity index is 1.84. The number of ketones is 1. The van der Waals surface area contributed by atoms with Crippen LogP contribution in [0.2, 0.25) is 5.04 Å². The molecule has 3 heteroatoms. The average molecular weight is 391 g/mol. The van der Waals surface area contributed by atoms with E-state index in [9.17, 15) is 4.79 Å². The second-order valence-corrected chi connectivity index (χ2v) is 13.6. The number of Topliss-reactive ketones (excluding diaryl/α,β-unsaturated/α-hetero) is 1. The van der Waals surface area contributed by atoms with E-state index in [1.165, 1.54) is 10.4 Å². The van der Waals surface area contributed by atoms with E-state index in [1.54, 1.807) is 0 Å². The second-order valence-electron chi connectivity index (χ2n) is 9.31. The van der Waals surface area contributed by atoms with Gasteiger partial charge in [0.1, 0.15) is 5.78 Å². The number of carbonyl (C=O) groups excluding carboxylic acids is 1. The predicted molar refractivity (Wildman–Crippen MR) is 117 cm³/mol. The van der Waals surface area contributed by atoms with E-state index in [-0.39, 0.29) is 23.0 Å². The van der Waals surface area contributed by atoms with Gasteiger partial charge in [-0.15, -0.1) is 6.58 Å². The van der Waals surface area contributed by atoms with Crippen LogP contribution in [0.25, 0.3) is 0 Å². The highest BCUT2D eigenvalue weighted by molar-refractivity contribution is 6.99. The van der Waals surface area contributed by atoms with Crippen molar-refractivity contribution in [3.8, 4) is 0 Å². The van der Waals surface area contributed by atoms with E-state index in [1.807, 2.05) is 6.08 Å². The highest BCUT2D eigenvalue weighted by Crippen LogP contribution is 2.51. The summed E-state index contributed by atoms with van der Waals surface area (Å²) in [5, 5.41) is 2.54. The van der Waals surface area contributed by atoms with Crippen molar-refractivity contribution in [1.82, 2.24) is 0 Å². The quantitative estimate of drug-likeness (QED) is 0.561. The SMILES string of the molecule is C=CC1C(O[Si](c2ccccc2)(c2ccccc2)C(C)(C)C)C[C@@H]2C(=O)C[C@H]12. The Hall–Kier alpha value is -1.97. The Morgan fingerprint density at radius 1 is 1.00 bits per heavy atom. The summed E-state index contributed by atoms with van der Waals surface area (Å²) < 4.78 is 7.28. The van der Waals surface area contributed by atoms with Crippen LogP contribution in [-0.4, -0.2) is 20.2 Å². The van der Waals surface area contributed by atoms with Crippen LogP contribution in [0.4, 0.5) is 0 Å². The molecule has 2 unspecified atom stereocenters. The maximum atomic E-state index is 12.1. The standard InChI is InChI=1S/C25H30O2Si/c1-5-20-21-16-23(26)22(21)17-24(20)27-28(25(2,3)4,18-12-8-6-9-13-18)19-14-10-7-11-15-19/h5-15,20-22,24H,1,16-17H2,2-4H3/t20?,21-,22+,24?/m1/s1. The Morgan fingerprint density at radius 3 is 1.96 bits per heavy atom. The summed E-state index contributed by atoms with van der Waals surface area (Å²) in [6, 6.07) is 21.5. The van der Waals surface area contributed by atoms with Crippen molar-refractivity contribution in [2.75, 3.05) is 0 Å². The van der Waals surface area contributed by atoms with E-state index in [0.29, 0.717) is 18.1 Å². The van der Waals surface area contributed by atoms with Crippen molar-refractivity contribution >= 4 is 24.5 Å². The van der Waals surface area contributed by atoms with Crippen LogP contribution in [0.5, 0.6) is 0 Å². The van der Waals surface area contributed by atoms with Gasteiger partial charge < -0.3 is 4.43 Å². The van der Waals surface area contributed by atoms with Gasteiger partial charge in [-0.3, -0.25) is 4.79 Å². The zero-order chi connectivity index (χ0) is 19.9. The molecule has 28 heavy (non-hydrogen) atoms. The Morgan fingerprint density at radius 2 is 1.54 bits per heavy atom. The average Bonchev–Trinajstić information content (AvgIpc) is 2.97. The van der Waals surface area contributed by atoms with E-state index in [2.05, 4.69) is 88.0 Å². The van der Waals surface area contributed by atoms with Crippen molar-refractivity contribution in [3.63, 3.8) is 0 Å². The molecule has 0 saturated heterocycles. The Kier molecular flexibility index (Phi) is 4.92. The van der Waals surface area contributed by atoms with Crippen molar-refractivity contribution in [3.05, 3.63) is 73.3 Å². The van der Waals surface area contributed by atoms with Crippen LogP contribution in [0.1, 0.15) is 33.6 Å². The largest absolute Gasteiger partial charge is 0.404 e. The van der Waals surface area contributed by atoms with Crippen molar-refractivity contribution in [2.24, 2.45) is 17.8 Å². The monoisotopic (exact) mass is 390 g/mol. The number of rotatable bonds is 5. The first-order valence-corrected chi connectivity index (χ1v) is 12.2. The molecule has 0 bridgehead atoms. The fourth-order valence-corrected chi connectivity index (χ4v) is 10.1. The number of hydrogen-bond acceptors (Lipinski definition) is 2. The summed E-state index contributed by atoms with van der Waals surface area (Å²) in [7, 11) is -2.58. The Labute approximate surface area is 169 Å². The number of benzene rings is 2. The fourth-order valence-electron chi connectivity index (χ4n) is 5.37. The first-order valence-electron chi connectivity index (χ1n) is 10.3. The smallest absolute Gasteiger partial charge is 0.261 e. The van der Waals surface area contributed by atoms with Gasteiger partial charge in [-0.05, 0) is 27.8 Å². The molecule has 2 aliphatic rings. The maximum absolute atomic E-state index is 12.1. The van der Waals surface area contributed by atoms with Crippen LogP contribution in [-0.2, 0) is 9.22 Å². The molecule has 4 rings (SSSR count).